The van der Waals surface area contributed by atoms with Crippen molar-refractivity contribution in [3.05, 3.63) is 10.4 Å². The maximum atomic E-state index is 12.0. The van der Waals surface area contributed by atoms with Crippen LogP contribution in [-0.2, 0) is 23.1 Å². The van der Waals surface area contributed by atoms with Crippen molar-refractivity contribution in [3.63, 3.8) is 0 Å². The average molecular weight is 494 g/mol. The molecule has 0 aromatic heterocycles. The molecule has 1 rings (SSSR count). The molecule has 1 aliphatic rings. The molecule has 8 nitrogen and oxygen atoms in total. The van der Waals surface area contributed by atoms with Gasteiger partial charge in [0.1, 0.15) is 17.7 Å². The van der Waals surface area contributed by atoms with E-state index in [4.69, 9.17) is 35.5 Å². The molecule has 0 bridgehead atoms. The molecule has 0 unspecified atom stereocenters. The van der Waals surface area contributed by atoms with E-state index >= 15 is 0 Å². The largest absolute Gasteiger partial charge is 0.457 e. The van der Waals surface area contributed by atoms with Crippen molar-refractivity contribution in [2.24, 2.45) is 5.11 Å². The topological polar surface area (TPSA) is 103 Å². The molecule has 0 aromatic carbocycles. The van der Waals surface area contributed by atoms with Crippen LogP contribution in [0.1, 0.15) is 48.5 Å². The van der Waals surface area contributed by atoms with Crippen LogP contribution in [0.25, 0.3) is 10.4 Å². The predicted molar refractivity (Wildman–Crippen MR) is 128 cm³/mol. The molecule has 0 aromatic rings. The Bertz CT molecular complexity index is 687. The van der Waals surface area contributed by atoms with Crippen molar-refractivity contribution >= 4 is 34.2 Å². The van der Waals surface area contributed by atoms with E-state index in [0.29, 0.717) is 0 Å². The molecule has 180 valence electrons. The minimum Gasteiger partial charge on any atom is -0.457 e. The maximum absolute atomic E-state index is 12.0. The summed E-state index contributed by atoms with van der Waals surface area (Å²) in [5, 5.41) is 3.74. The molecule has 0 spiro atoms. The molecule has 31 heavy (non-hydrogen) atoms. The summed E-state index contributed by atoms with van der Waals surface area (Å²) in [4.78, 5) is 14.9. The standard InChI is InChI=1S/C20H40ClN3O5Si2/c1-13(25)27-16-14(12-26-30(8,9)19(2,3)4)28-18(21)15(23-24-22)17(16)29-31(10,11)20(5,6)7/h14-18H,12H2,1-11H3/t14-,15-,16-,17-,18+/m1/s1. The van der Waals surface area contributed by atoms with E-state index in [0.717, 1.165) is 0 Å². The molecule has 0 N–H and O–H groups in total. The van der Waals surface area contributed by atoms with Crippen LogP contribution in [0.3, 0.4) is 0 Å². The second-order valence-electron chi connectivity index (χ2n) is 11.2. The Hall–Kier alpha value is -0.616. The number of ether oxygens (including phenoxy) is 2. The lowest BCUT2D eigenvalue weighted by Crippen LogP contribution is -2.62. The van der Waals surface area contributed by atoms with Crippen LogP contribution in [-0.4, -0.2) is 59.1 Å². The van der Waals surface area contributed by atoms with E-state index in [1.54, 1.807) is 0 Å². The Morgan fingerprint density at radius 1 is 1.06 bits per heavy atom. The average Bonchev–Trinajstić information content (AvgIpc) is 2.56. The summed E-state index contributed by atoms with van der Waals surface area (Å²) in [5.74, 6) is -0.470. The zero-order valence-corrected chi connectivity index (χ0v) is 23.6. The number of alkyl halides is 1. The third kappa shape index (κ3) is 7.18. The van der Waals surface area contributed by atoms with Crippen LogP contribution in [0.4, 0.5) is 0 Å². The molecule has 0 saturated carbocycles. The van der Waals surface area contributed by atoms with Crippen LogP contribution in [0.5, 0.6) is 0 Å². The first-order valence-electron chi connectivity index (χ1n) is 10.7. The third-order valence-corrected chi connectivity index (χ3v) is 16.1. The van der Waals surface area contributed by atoms with Crippen LogP contribution in [0.15, 0.2) is 5.11 Å². The second kappa shape index (κ2) is 10.1. The first-order valence-corrected chi connectivity index (χ1v) is 16.9. The number of carbonyl (C=O) groups excluding carboxylic acids is 1. The molecule has 1 aliphatic heterocycles. The lowest BCUT2D eigenvalue weighted by atomic mass is 9.98. The predicted octanol–water partition coefficient (Wildman–Crippen LogP) is 5.97. The first-order chi connectivity index (χ1) is 13.8. The highest BCUT2D eigenvalue weighted by molar-refractivity contribution is 6.74. The van der Waals surface area contributed by atoms with E-state index in [-0.39, 0.29) is 16.7 Å². The number of esters is 1. The van der Waals surface area contributed by atoms with E-state index in [9.17, 15) is 4.79 Å². The molecule has 1 fully saturated rings. The molecule has 1 saturated heterocycles. The zero-order chi connectivity index (χ0) is 24.4. The van der Waals surface area contributed by atoms with Crippen molar-refractivity contribution in [2.75, 3.05) is 6.61 Å². The minimum atomic E-state index is -2.33. The van der Waals surface area contributed by atoms with Gasteiger partial charge in [0.2, 0.25) is 0 Å². The van der Waals surface area contributed by atoms with Crippen molar-refractivity contribution < 1.29 is 23.1 Å². The van der Waals surface area contributed by atoms with Gasteiger partial charge in [-0.3, -0.25) is 4.79 Å². The number of carbonyl (C=O) groups is 1. The Morgan fingerprint density at radius 3 is 2.00 bits per heavy atom. The monoisotopic (exact) mass is 493 g/mol. The van der Waals surface area contributed by atoms with Crippen molar-refractivity contribution in [2.45, 2.75) is 115 Å². The maximum Gasteiger partial charge on any atom is 0.303 e. The number of azide groups is 1. The van der Waals surface area contributed by atoms with E-state index in [1.807, 2.05) is 0 Å². The van der Waals surface area contributed by atoms with Crippen molar-refractivity contribution in [1.82, 2.24) is 0 Å². The van der Waals surface area contributed by atoms with E-state index in [1.165, 1.54) is 6.92 Å². The molecule has 0 radical (unpaired) electrons. The minimum absolute atomic E-state index is 0.00361. The summed E-state index contributed by atoms with van der Waals surface area (Å²) < 4.78 is 24.6. The smallest absolute Gasteiger partial charge is 0.303 e. The lowest BCUT2D eigenvalue weighted by Gasteiger charge is -2.48. The number of hydrogen-bond donors (Lipinski definition) is 0. The normalized spacial score (nSPS) is 28.1. The summed E-state index contributed by atoms with van der Waals surface area (Å²) in [6.07, 6.45) is -2.17. The van der Waals surface area contributed by atoms with E-state index in [2.05, 4.69) is 77.8 Å². The summed E-state index contributed by atoms with van der Waals surface area (Å²) in [7, 11) is -4.41. The summed E-state index contributed by atoms with van der Waals surface area (Å²) in [6.45, 7) is 22.8. The first kappa shape index (κ1) is 28.4. The number of rotatable bonds is 7. The highest BCUT2D eigenvalue weighted by atomic mass is 35.5. The lowest BCUT2D eigenvalue weighted by molar-refractivity contribution is -0.192. The van der Waals surface area contributed by atoms with Crippen LogP contribution in [0, 0.1) is 0 Å². The zero-order valence-electron chi connectivity index (χ0n) is 20.9. The van der Waals surface area contributed by atoms with Crippen molar-refractivity contribution in [3.8, 4) is 0 Å². The van der Waals surface area contributed by atoms with Gasteiger partial charge in [0.05, 0.1) is 12.7 Å². The quantitative estimate of drug-likeness (QED) is 0.108. The highest BCUT2D eigenvalue weighted by Crippen LogP contribution is 2.42. The second-order valence-corrected chi connectivity index (χ2v) is 21.2. The fourth-order valence-corrected chi connectivity index (χ4v) is 5.33. The number of halogens is 1. The fraction of sp³-hybridized carbons (Fsp3) is 0.950. The van der Waals surface area contributed by atoms with Gasteiger partial charge in [-0.15, -0.1) is 0 Å². The summed E-state index contributed by atoms with van der Waals surface area (Å²) >= 11 is 6.50. The molecular formula is C20H40ClN3O5Si2. The molecule has 0 amide bonds. The number of nitrogens with zero attached hydrogens (tertiary/aromatic N) is 3. The van der Waals surface area contributed by atoms with Crippen LogP contribution >= 0.6 is 11.6 Å². The Morgan fingerprint density at radius 2 is 1.58 bits per heavy atom. The van der Waals surface area contributed by atoms with Crippen LogP contribution in [0.2, 0.25) is 36.3 Å². The van der Waals surface area contributed by atoms with Crippen LogP contribution < -0.4 is 0 Å². The summed E-state index contributed by atoms with van der Waals surface area (Å²) in [5.41, 5.74) is 8.19. The van der Waals surface area contributed by atoms with E-state index < -0.39 is 52.5 Å². The van der Waals surface area contributed by atoms with Gasteiger partial charge in [0.25, 0.3) is 0 Å². The van der Waals surface area contributed by atoms with Gasteiger partial charge in [-0.25, -0.2) is 0 Å². The summed E-state index contributed by atoms with van der Waals surface area (Å²) in [6, 6.07) is -0.839. The van der Waals surface area contributed by atoms with Gasteiger partial charge in [-0.2, -0.15) is 0 Å². The molecule has 1 heterocycles. The molecular weight excluding hydrogens is 454 g/mol. The van der Waals surface area contributed by atoms with Gasteiger partial charge < -0.3 is 18.3 Å². The van der Waals surface area contributed by atoms with Crippen molar-refractivity contribution in [1.29, 1.82) is 0 Å². The Labute approximate surface area is 194 Å². The third-order valence-electron chi connectivity index (χ3n) is 6.74. The Balaban J connectivity index is 3.34. The van der Waals surface area contributed by atoms with Gasteiger partial charge in [0, 0.05) is 11.8 Å². The molecule has 0 aliphatic carbocycles. The SMILES string of the molecule is CC(=O)O[C@H]1[C@H](O[Si](C)(C)C(C)(C)C)[C@@H](N=[N+]=[N-])[C@@H](Cl)O[C@@H]1CO[Si](C)(C)C(C)(C)C. The molecule has 5 atom stereocenters. The Kier molecular flexibility index (Phi) is 9.27. The van der Waals surface area contributed by atoms with Gasteiger partial charge in [0.15, 0.2) is 22.7 Å². The fourth-order valence-electron chi connectivity index (χ4n) is 2.69. The molecule has 11 heteroatoms. The highest BCUT2D eigenvalue weighted by Gasteiger charge is 2.52. The van der Waals surface area contributed by atoms with Gasteiger partial charge in [-0.05, 0) is 41.8 Å². The van der Waals surface area contributed by atoms with Gasteiger partial charge in [-0.1, -0.05) is 58.3 Å². The number of hydrogen-bond acceptors (Lipinski definition) is 6. The van der Waals surface area contributed by atoms with Gasteiger partial charge >= 0.3 is 5.97 Å².